The molecule has 0 aliphatic rings. The van der Waals surface area contributed by atoms with Crippen LogP contribution in [0, 0.1) is 0 Å². The van der Waals surface area contributed by atoms with Crippen molar-refractivity contribution >= 4 is 0 Å². The van der Waals surface area contributed by atoms with E-state index in [1.54, 1.807) is 6.07 Å². The molecule has 0 spiro atoms. The summed E-state index contributed by atoms with van der Waals surface area (Å²) in [4.78, 5) is 0. The summed E-state index contributed by atoms with van der Waals surface area (Å²) in [6.07, 6.45) is -8.12. The molecular weight excluding hydrogens is 252 g/mol. The lowest BCUT2D eigenvalue weighted by Crippen LogP contribution is -2.34. The van der Waals surface area contributed by atoms with Crippen molar-refractivity contribution in [2.75, 3.05) is 6.54 Å². The average Bonchev–Trinajstić information content (AvgIpc) is 2.29. The van der Waals surface area contributed by atoms with Gasteiger partial charge in [0.05, 0.1) is 0 Å². The highest BCUT2D eigenvalue weighted by atomic mass is 19.3. The molecule has 0 aliphatic heterocycles. The van der Waals surface area contributed by atoms with Gasteiger partial charge in [-0.25, -0.2) is 0 Å². The van der Waals surface area contributed by atoms with Gasteiger partial charge < -0.3 is 16.2 Å². The number of benzene rings is 1. The van der Waals surface area contributed by atoms with E-state index in [0.29, 0.717) is 6.42 Å². The molecule has 0 aromatic heterocycles. The molecule has 1 aromatic rings. The van der Waals surface area contributed by atoms with Gasteiger partial charge >= 0.3 is 12.5 Å². The quantitative estimate of drug-likeness (QED) is 0.776. The summed E-state index contributed by atoms with van der Waals surface area (Å²) in [6, 6.07) is 4.92. The molecule has 102 valence electrons. The smallest absolute Gasteiger partial charge is 0.428 e. The second-order valence-electron chi connectivity index (χ2n) is 3.69. The highest BCUT2D eigenvalue weighted by Crippen LogP contribution is 2.32. The molecule has 0 amide bonds. The molecule has 0 radical (unpaired) electrons. The largest absolute Gasteiger partial charge is 0.461 e. The molecular formula is C11H14F4N2O. The zero-order chi connectivity index (χ0) is 13.8. The number of hydrogen-bond donors (Lipinski definition) is 2. The monoisotopic (exact) mass is 266 g/mol. The Bertz CT molecular complexity index is 387. The minimum atomic E-state index is -4.54. The van der Waals surface area contributed by atoms with E-state index < -0.39 is 18.6 Å². The fraction of sp³-hybridized carbons (Fsp3) is 0.455. The fourth-order valence-corrected chi connectivity index (χ4v) is 1.41. The van der Waals surface area contributed by atoms with Crippen LogP contribution >= 0.6 is 0 Å². The third-order valence-electron chi connectivity index (χ3n) is 2.30. The number of rotatable bonds is 6. The normalized spacial score (nSPS) is 13.7. The first-order chi connectivity index (χ1) is 8.38. The highest BCUT2D eigenvalue weighted by Gasteiger charge is 2.44. The maximum Gasteiger partial charge on any atom is 0.461 e. The Morgan fingerprint density at radius 1 is 1.22 bits per heavy atom. The summed E-state index contributed by atoms with van der Waals surface area (Å²) in [7, 11) is 0. The first-order valence-corrected chi connectivity index (χ1v) is 5.28. The Balaban J connectivity index is 2.95. The van der Waals surface area contributed by atoms with Crippen LogP contribution in [0.15, 0.2) is 24.3 Å². The van der Waals surface area contributed by atoms with Crippen molar-refractivity contribution in [2.24, 2.45) is 11.5 Å². The van der Waals surface area contributed by atoms with E-state index >= 15 is 0 Å². The second kappa shape index (κ2) is 6.01. The average molecular weight is 266 g/mol. The van der Waals surface area contributed by atoms with Crippen molar-refractivity contribution < 1.29 is 22.3 Å². The number of hydrogen-bond acceptors (Lipinski definition) is 3. The van der Waals surface area contributed by atoms with Crippen LogP contribution in [0.3, 0.4) is 0 Å². The maximum absolute atomic E-state index is 12.8. The number of alkyl halides is 4. The summed E-state index contributed by atoms with van der Waals surface area (Å²) < 4.78 is 53.8. The maximum atomic E-state index is 12.8. The minimum Gasteiger partial charge on any atom is -0.428 e. The van der Waals surface area contributed by atoms with Crippen LogP contribution in [0.5, 0.6) is 5.75 Å². The fourth-order valence-electron chi connectivity index (χ4n) is 1.41. The van der Waals surface area contributed by atoms with Gasteiger partial charge in [0.25, 0.3) is 0 Å². The summed E-state index contributed by atoms with van der Waals surface area (Å²) in [5.41, 5.74) is 11.2. The zero-order valence-corrected chi connectivity index (χ0v) is 9.45. The molecule has 0 saturated heterocycles. The van der Waals surface area contributed by atoms with Crippen LogP contribution in [0.1, 0.15) is 18.0 Å². The summed E-state index contributed by atoms with van der Waals surface area (Å²) in [5, 5.41) is 0. The number of halogens is 4. The molecule has 0 saturated carbocycles. The van der Waals surface area contributed by atoms with E-state index in [1.807, 2.05) is 0 Å². The Morgan fingerprint density at radius 2 is 1.83 bits per heavy atom. The predicted molar refractivity (Wildman–Crippen MR) is 58.6 cm³/mol. The molecule has 0 unspecified atom stereocenters. The summed E-state index contributed by atoms with van der Waals surface area (Å²) in [5.74, 6) is -0.358. The van der Waals surface area contributed by atoms with Gasteiger partial charge in [-0.2, -0.15) is 17.6 Å². The molecule has 0 fully saturated rings. The van der Waals surface area contributed by atoms with Gasteiger partial charge in [-0.05, 0) is 19.0 Å². The second-order valence-corrected chi connectivity index (χ2v) is 3.69. The minimum absolute atomic E-state index is 0.225. The Labute approximate surface area is 102 Å². The molecule has 0 aliphatic carbocycles. The van der Waals surface area contributed by atoms with Gasteiger partial charge in [0, 0.05) is 11.6 Å². The van der Waals surface area contributed by atoms with E-state index in [2.05, 4.69) is 4.74 Å². The number of nitrogens with two attached hydrogens (primary N) is 2. The molecule has 1 aromatic carbocycles. The Hall–Kier alpha value is -1.34. The summed E-state index contributed by atoms with van der Waals surface area (Å²) >= 11 is 0. The lowest BCUT2D eigenvalue weighted by molar-refractivity contribution is -0.253. The molecule has 0 heterocycles. The predicted octanol–water partition coefficient (Wildman–Crippen LogP) is 2.27. The lowest BCUT2D eigenvalue weighted by atomic mass is 10.0. The number of ether oxygens (including phenoxy) is 1. The lowest BCUT2D eigenvalue weighted by Gasteiger charge is -2.21. The SMILES string of the molecule is NCC[C@@H](N)c1ccccc1OC(F)(F)C(F)F. The van der Waals surface area contributed by atoms with E-state index in [1.165, 1.54) is 18.2 Å². The third-order valence-corrected chi connectivity index (χ3v) is 2.30. The van der Waals surface area contributed by atoms with Crippen molar-refractivity contribution in [3.8, 4) is 5.75 Å². The van der Waals surface area contributed by atoms with Gasteiger partial charge in [-0.15, -0.1) is 0 Å². The van der Waals surface area contributed by atoms with Crippen molar-refractivity contribution in [1.82, 2.24) is 0 Å². The molecule has 1 atom stereocenters. The van der Waals surface area contributed by atoms with Crippen molar-refractivity contribution in [2.45, 2.75) is 25.0 Å². The van der Waals surface area contributed by atoms with Crippen molar-refractivity contribution in [3.05, 3.63) is 29.8 Å². The first-order valence-electron chi connectivity index (χ1n) is 5.28. The van der Waals surface area contributed by atoms with Crippen molar-refractivity contribution in [1.29, 1.82) is 0 Å². The van der Waals surface area contributed by atoms with Crippen LogP contribution in [-0.2, 0) is 0 Å². The van der Waals surface area contributed by atoms with Crippen molar-refractivity contribution in [3.63, 3.8) is 0 Å². The van der Waals surface area contributed by atoms with E-state index in [9.17, 15) is 17.6 Å². The van der Waals surface area contributed by atoms with Crippen LogP contribution in [0.2, 0.25) is 0 Å². The van der Waals surface area contributed by atoms with E-state index in [0.717, 1.165) is 0 Å². The third kappa shape index (κ3) is 3.58. The van der Waals surface area contributed by atoms with Gasteiger partial charge in [0.15, 0.2) is 0 Å². The van der Waals surface area contributed by atoms with Gasteiger partial charge in [0.2, 0.25) is 0 Å². The Kier molecular flexibility index (Phi) is 4.92. The van der Waals surface area contributed by atoms with Crippen LogP contribution in [0.4, 0.5) is 17.6 Å². The molecule has 3 nitrogen and oxygen atoms in total. The van der Waals surface area contributed by atoms with Crippen LogP contribution in [-0.4, -0.2) is 19.1 Å². The van der Waals surface area contributed by atoms with Crippen LogP contribution in [0.25, 0.3) is 0 Å². The van der Waals surface area contributed by atoms with Gasteiger partial charge in [-0.3, -0.25) is 0 Å². The molecule has 7 heteroatoms. The van der Waals surface area contributed by atoms with Gasteiger partial charge in [0.1, 0.15) is 5.75 Å². The molecule has 4 N–H and O–H groups in total. The molecule has 0 bridgehead atoms. The van der Waals surface area contributed by atoms with Crippen LogP contribution < -0.4 is 16.2 Å². The van der Waals surface area contributed by atoms with E-state index in [4.69, 9.17) is 11.5 Å². The molecule has 18 heavy (non-hydrogen) atoms. The highest BCUT2D eigenvalue weighted by molar-refractivity contribution is 5.36. The Morgan fingerprint density at radius 3 is 2.39 bits per heavy atom. The zero-order valence-electron chi connectivity index (χ0n) is 9.45. The topological polar surface area (TPSA) is 61.3 Å². The number of para-hydroxylation sites is 1. The summed E-state index contributed by atoms with van der Waals surface area (Å²) in [6.45, 7) is 0.251. The van der Waals surface area contributed by atoms with Gasteiger partial charge in [-0.1, -0.05) is 18.2 Å². The van der Waals surface area contributed by atoms with E-state index in [-0.39, 0.29) is 17.9 Å². The standard InChI is InChI=1S/C11H14F4N2O/c12-10(13)11(14,15)18-9-4-2-1-3-7(9)8(17)5-6-16/h1-4,8,10H,5-6,16-17H2/t8-/m1/s1. The first kappa shape index (κ1) is 14.7. The molecule has 1 rings (SSSR count).